The van der Waals surface area contributed by atoms with Gasteiger partial charge in [-0.3, -0.25) is 65.7 Å². The fourth-order valence-corrected chi connectivity index (χ4v) is 2.64. The Kier molecular flexibility index (Phi) is 11.5. The summed E-state index contributed by atoms with van der Waals surface area (Å²) >= 11 is 0. The van der Waals surface area contributed by atoms with Crippen LogP contribution >= 0.6 is 0 Å². The Balaban J connectivity index is 0.000000320. The van der Waals surface area contributed by atoms with E-state index in [0.717, 1.165) is 12.1 Å². The Bertz CT molecular complexity index is 1340. The number of rotatable bonds is 8. The Morgan fingerprint density at radius 2 is 0.951 bits per heavy atom. The molecule has 2 aromatic carbocycles. The number of nitro benzene ring substituents is 6. The average Bonchev–Trinajstić information content (AvgIpc) is 2.89. The van der Waals surface area contributed by atoms with E-state index < -0.39 is 75.2 Å². The lowest BCUT2D eigenvalue weighted by molar-refractivity contribution is -0.404. The number of nitrogens with two attached hydrogens (primary N) is 1. The summed E-state index contributed by atoms with van der Waals surface area (Å²) in [4.78, 5) is 59.6. The Morgan fingerprint density at radius 3 is 1.17 bits per heavy atom. The molecule has 0 atom stereocenters. The molecule has 0 unspecified atom stereocenters. The first kappa shape index (κ1) is 32.6. The van der Waals surface area contributed by atoms with Crippen molar-refractivity contribution in [3.8, 4) is 11.5 Å². The molecular weight excluding hydrogens is 564 g/mol. The number of pyridine rings is 1. The first-order valence-corrected chi connectivity index (χ1v) is 10.3. The molecular formula is C19H16N8O14. The first-order valence-electron chi connectivity index (χ1n) is 10.3. The summed E-state index contributed by atoms with van der Waals surface area (Å²) in [7, 11) is 0. The van der Waals surface area contributed by atoms with Crippen LogP contribution in [0.4, 0.5) is 34.1 Å². The molecule has 22 heteroatoms. The summed E-state index contributed by atoms with van der Waals surface area (Å²) < 4.78 is 0. The zero-order valence-corrected chi connectivity index (χ0v) is 20.0. The van der Waals surface area contributed by atoms with Crippen molar-refractivity contribution in [3.05, 3.63) is 115 Å². The van der Waals surface area contributed by atoms with E-state index in [1.165, 1.54) is 0 Å². The molecule has 0 fully saturated rings. The van der Waals surface area contributed by atoms with Crippen LogP contribution in [0.25, 0.3) is 0 Å². The van der Waals surface area contributed by atoms with E-state index >= 15 is 0 Å². The van der Waals surface area contributed by atoms with Crippen LogP contribution in [-0.4, -0.2) is 51.3 Å². The van der Waals surface area contributed by atoms with E-state index in [1.54, 1.807) is 6.20 Å². The largest absolute Gasteiger partial charge is 0.497 e. The lowest BCUT2D eigenvalue weighted by atomic mass is 10.2. The van der Waals surface area contributed by atoms with Gasteiger partial charge in [-0.15, -0.1) is 0 Å². The zero-order valence-electron chi connectivity index (χ0n) is 20.0. The van der Waals surface area contributed by atoms with Crippen molar-refractivity contribution in [2.75, 3.05) is 6.54 Å². The second-order valence-corrected chi connectivity index (χ2v) is 7.07. The molecule has 0 bridgehead atoms. The molecule has 0 saturated heterocycles. The highest BCUT2D eigenvalue weighted by Gasteiger charge is 2.31. The van der Waals surface area contributed by atoms with E-state index in [0.29, 0.717) is 30.8 Å². The summed E-state index contributed by atoms with van der Waals surface area (Å²) in [5.41, 5.74) is 0.386. The Morgan fingerprint density at radius 1 is 0.610 bits per heavy atom. The lowest BCUT2D eigenvalue weighted by Crippen LogP contribution is -2.03. The molecule has 0 amide bonds. The minimum atomic E-state index is -1.21. The number of non-ortho nitro benzene ring substituents is 2. The van der Waals surface area contributed by atoms with Crippen molar-refractivity contribution in [2.45, 2.75) is 6.42 Å². The van der Waals surface area contributed by atoms with Gasteiger partial charge in [0.15, 0.2) is 0 Å². The molecule has 0 aliphatic heterocycles. The van der Waals surface area contributed by atoms with Gasteiger partial charge in [0, 0.05) is 18.3 Å². The highest BCUT2D eigenvalue weighted by molar-refractivity contribution is 5.65. The van der Waals surface area contributed by atoms with Gasteiger partial charge in [0.2, 0.25) is 0 Å². The predicted molar refractivity (Wildman–Crippen MR) is 133 cm³/mol. The number of phenols is 2. The van der Waals surface area contributed by atoms with Crippen LogP contribution in [0.3, 0.4) is 0 Å². The Labute approximate surface area is 224 Å². The standard InChI is InChI=1S/C7H10N2.2C6H3N3O7/c8-5-4-7-3-1-2-6-9-7;2*10-6-4(8(13)14)1-3(7(11)12)2-5(6)9(15)16/h1-3,6H,4-5,8H2;2*1-2,10H. The van der Waals surface area contributed by atoms with E-state index in [-0.39, 0.29) is 0 Å². The third kappa shape index (κ3) is 9.11. The number of nitrogens with zero attached hydrogens (tertiary/aromatic N) is 7. The number of benzene rings is 2. The monoisotopic (exact) mass is 580 g/mol. The number of hydrogen-bond donors (Lipinski definition) is 3. The quantitative estimate of drug-likeness (QED) is 0.254. The molecule has 0 aliphatic carbocycles. The molecule has 0 aliphatic rings. The predicted octanol–water partition coefficient (Wildman–Crippen LogP) is 2.82. The van der Waals surface area contributed by atoms with Gasteiger partial charge < -0.3 is 15.9 Å². The highest BCUT2D eigenvalue weighted by atomic mass is 16.7. The van der Waals surface area contributed by atoms with E-state index in [9.17, 15) is 60.7 Å². The van der Waals surface area contributed by atoms with Gasteiger partial charge in [-0.2, -0.15) is 0 Å². The summed E-state index contributed by atoms with van der Waals surface area (Å²) in [5, 5.41) is 80.4. The maximum Gasteiger partial charge on any atom is 0.324 e. The molecule has 1 heterocycles. The van der Waals surface area contributed by atoms with Crippen molar-refractivity contribution in [1.29, 1.82) is 0 Å². The number of phenolic OH excluding ortho intramolecular Hbond substituents is 2. The number of nitro groups is 6. The van der Waals surface area contributed by atoms with Crippen molar-refractivity contribution < 1.29 is 39.8 Å². The molecule has 0 radical (unpaired) electrons. The molecule has 4 N–H and O–H groups in total. The second-order valence-electron chi connectivity index (χ2n) is 7.07. The van der Waals surface area contributed by atoms with Crippen molar-refractivity contribution >= 4 is 34.1 Å². The Hall–Kier alpha value is -6.45. The van der Waals surface area contributed by atoms with Crippen LogP contribution in [0.1, 0.15) is 5.69 Å². The SMILES string of the molecule is NCCc1ccccn1.O=[N+]([O-])c1cc([N+](=O)[O-])c(O)c([N+](=O)[O-])c1.O=[N+]([O-])c1cc([N+](=O)[O-])c(O)c([N+](=O)[O-])c1. The molecule has 41 heavy (non-hydrogen) atoms. The highest BCUT2D eigenvalue weighted by Crippen LogP contribution is 2.40. The molecule has 22 nitrogen and oxygen atoms in total. The van der Waals surface area contributed by atoms with Crippen LogP contribution in [0.15, 0.2) is 48.7 Å². The summed E-state index contributed by atoms with van der Waals surface area (Å²) in [6.45, 7) is 0.678. The van der Waals surface area contributed by atoms with E-state index in [1.807, 2.05) is 18.2 Å². The summed E-state index contributed by atoms with van der Waals surface area (Å²) in [6.07, 6.45) is 2.66. The summed E-state index contributed by atoms with van der Waals surface area (Å²) in [6, 6.07) is 7.64. The fraction of sp³-hybridized carbons (Fsp3) is 0.105. The number of hydrogen-bond acceptors (Lipinski definition) is 16. The van der Waals surface area contributed by atoms with Gasteiger partial charge in [-0.25, -0.2) is 0 Å². The minimum absolute atomic E-state index is 0.447. The average molecular weight is 580 g/mol. The third-order valence-electron chi connectivity index (χ3n) is 4.44. The van der Waals surface area contributed by atoms with Gasteiger partial charge in [-0.1, -0.05) is 6.07 Å². The van der Waals surface area contributed by atoms with Crippen molar-refractivity contribution in [1.82, 2.24) is 4.98 Å². The van der Waals surface area contributed by atoms with Gasteiger partial charge in [-0.05, 0) is 18.7 Å². The van der Waals surface area contributed by atoms with Gasteiger partial charge in [0.05, 0.1) is 53.8 Å². The summed E-state index contributed by atoms with van der Waals surface area (Å²) in [5.74, 6) is -2.42. The van der Waals surface area contributed by atoms with Crippen molar-refractivity contribution in [3.63, 3.8) is 0 Å². The van der Waals surface area contributed by atoms with Crippen LogP contribution in [0.2, 0.25) is 0 Å². The smallest absolute Gasteiger partial charge is 0.324 e. The maximum atomic E-state index is 10.4. The van der Waals surface area contributed by atoms with Gasteiger partial charge in [0.25, 0.3) is 22.9 Å². The van der Waals surface area contributed by atoms with Gasteiger partial charge in [0.1, 0.15) is 0 Å². The second kappa shape index (κ2) is 14.5. The molecule has 1 aromatic heterocycles. The zero-order chi connectivity index (χ0) is 31.4. The molecule has 216 valence electrons. The lowest BCUT2D eigenvalue weighted by Gasteiger charge is -1.97. The topological polar surface area (TPSA) is 338 Å². The molecule has 3 aromatic rings. The number of aromatic nitrogens is 1. The van der Waals surface area contributed by atoms with Crippen molar-refractivity contribution in [2.24, 2.45) is 5.73 Å². The fourth-order valence-electron chi connectivity index (χ4n) is 2.64. The maximum absolute atomic E-state index is 10.4. The van der Waals surface area contributed by atoms with E-state index in [4.69, 9.17) is 15.9 Å². The van der Waals surface area contributed by atoms with Crippen LogP contribution < -0.4 is 5.73 Å². The molecule has 3 rings (SSSR count). The molecule has 0 spiro atoms. The first-order chi connectivity index (χ1) is 19.1. The van der Waals surface area contributed by atoms with Crippen LogP contribution in [-0.2, 0) is 6.42 Å². The molecule has 0 saturated carbocycles. The number of aromatic hydroxyl groups is 2. The normalized spacial score (nSPS) is 9.68. The minimum Gasteiger partial charge on any atom is -0.497 e. The van der Waals surface area contributed by atoms with E-state index in [2.05, 4.69) is 4.98 Å². The van der Waals surface area contributed by atoms with Crippen LogP contribution in [0.5, 0.6) is 11.5 Å². The van der Waals surface area contributed by atoms with Crippen LogP contribution in [0, 0.1) is 60.7 Å². The third-order valence-corrected chi connectivity index (χ3v) is 4.44. The van der Waals surface area contributed by atoms with Gasteiger partial charge >= 0.3 is 22.7 Å².